The Bertz CT molecular complexity index is 403. The first kappa shape index (κ1) is 19.9. The Morgan fingerprint density at radius 3 is 1.91 bits per heavy atom. The molecule has 0 N–H and O–H groups in total. The van der Waals surface area contributed by atoms with Gasteiger partial charge in [-0.1, -0.05) is 52.4 Å². The molecule has 1 atom stereocenters. The molecular weight excluding hydrogens is 296 g/mol. The minimum Gasteiger partial charge on any atom is -0.295 e. The first-order chi connectivity index (χ1) is 10.3. The van der Waals surface area contributed by atoms with Crippen molar-refractivity contribution in [1.82, 2.24) is 9.21 Å². The van der Waals surface area contributed by atoms with Gasteiger partial charge in [-0.3, -0.25) is 4.90 Å². The van der Waals surface area contributed by atoms with Crippen LogP contribution < -0.4 is 0 Å². The highest BCUT2D eigenvalue weighted by molar-refractivity contribution is 7.88. The van der Waals surface area contributed by atoms with Crippen LogP contribution in [-0.2, 0) is 10.0 Å². The zero-order valence-corrected chi connectivity index (χ0v) is 15.9. The van der Waals surface area contributed by atoms with Gasteiger partial charge in [0.15, 0.2) is 0 Å². The van der Waals surface area contributed by atoms with E-state index in [0.717, 1.165) is 13.1 Å². The molecule has 0 aliphatic carbocycles. The molecule has 0 radical (unpaired) electrons. The Morgan fingerprint density at radius 1 is 0.864 bits per heavy atom. The summed E-state index contributed by atoms with van der Waals surface area (Å²) in [4.78, 5) is 2.55. The van der Waals surface area contributed by atoms with Crippen LogP contribution in [0.4, 0.5) is 0 Å². The molecule has 4 nitrogen and oxygen atoms in total. The highest BCUT2D eigenvalue weighted by atomic mass is 32.2. The molecule has 1 rings (SSSR count). The second-order valence-corrected chi connectivity index (χ2v) is 9.04. The van der Waals surface area contributed by atoms with Crippen LogP contribution in [0.25, 0.3) is 0 Å². The topological polar surface area (TPSA) is 40.6 Å². The summed E-state index contributed by atoms with van der Waals surface area (Å²) in [5, 5.41) is 0. The van der Waals surface area contributed by atoms with Crippen molar-refractivity contribution < 1.29 is 8.42 Å². The van der Waals surface area contributed by atoms with Crippen LogP contribution in [0.1, 0.15) is 72.1 Å². The Morgan fingerprint density at radius 2 is 1.41 bits per heavy atom. The molecule has 1 fully saturated rings. The Labute approximate surface area is 138 Å². The summed E-state index contributed by atoms with van der Waals surface area (Å²) in [5.74, 6) is 0. The van der Waals surface area contributed by atoms with E-state index in [4.69, 9.17) is 0 Å². The van der Waals surface area contributed by atoms with Crippen LogP contribution in [-0.4, -0.2) is 55.6 Å². The quantitative estimate of drug-likeness (QED) is 0.575. The zero-order valence-electron chi connectivity index (χ0n) is 15.1. The minimum atomic E-state index is -3.03. The third-order valence-corrected chi connectivity index (χ3v) is 6.41. The van der Waals surface area contributed by atoms with Gasteiger partial charge in [0.05, 0.1) is 6.26 Å². The van der Waals surface area contributed by atoms with Crippen LogP contribution in [0.15, 0.2) is 0 Å². The van der Waals surface area contributed by atoms with Gasteiger partial charge in [0.1, 0.15) is 0 Å². The van der Waals surface area contributed by atoms with Gasteiger partial charge in [0.2, 0.25) is 10.0 Å². The van der Waals surface area contributed by atoms with Crippen LogP contribution in [0.2, 0.25) is 0 Å². The molecule has 0 aromatic carbocycles. The van der Waals surface area contributed by atoms with Gasteiger partial charge in [0.25, 0.3) is 0 Å². The number of nitrogens with zero attached hydrogens (tertiary/aromatic N) is 2. The van der Waals surface area contributed by atoms with E-state index >= 15 is 0 Å². The predicted octanol–water partition coefficient (Wildman–Crippen LogP) is 3.48. The smallest absolute Gasteiger partial charge is 0.211 e. The monoisotopic (exact) mass is 332 g/mol. The molecule has 1 aliphatic rings. The molecule has 22 heavy (non-hydrogen) atoms. The molecule has 0 spiro atoms. The Hall–Kier alpha value is -0.130. The SMILES string of the molecule is CCCCCCC(C)(CCCC)N1CCN(S(C)(=O)=O)CC1. The van der Waals surface area contributed by atoms with Crippen molar-refractivity contribution in [3.8, 4) is 0 Å². The highest BCUT2D eigenvalue weighted by Gasteiger charge is 2.34. The fourth-order valence-electron chi connectivity index (χ4n) is 3.49. The van der Waals surface area contributed by atoms with Gasteiger partial charge in [-0.2, -0.15) is 4.31 Å². The number of piperazine rings is 1. The number of unbranched alkanes of at least 4 members (excludes halogenated alkanes) is 4. The summed E-state index contributed by atoms with van der Waals surface area (Å²) in [7, 11) is -3.03. The van der Waals surface area contributed by atoms with E-state index in [1.807, 2.05) is 0 Å². The van der Waals surface area contributed by atoms with Crippen molar-refractivity contribution in [2.45, 2.75) is 77.7 Å². The van der Waals surface area contributed by atoms with Crippen molar-refractivity contribution in [2.24, 2.45) is 0 Å². The lowest BCUT2D eigenvalue weighted by Crippen LogP contribution is -2.56. The van der Waals surface area contributed by atoms with Crippen molar-refractivity contribution >= 4 is 10.0 Å². The Kier molecular flexibility index (Phi) is 8.36. The van der Waals surface area contributed by atoms with Gasteiger partial charge < -0.3 is 0 Å². The van der Waals surface area contributed by atoms with Gasteiger partial charge >= 0.3 is 0 Å². The van der Waals surface area contributed by atoms with E-state index < -0.39 is 10.0 Å². The molecule has 132 valence electrons. The predicted molar refractivity (Wildman–Crippen MR) is 94.7 cm³/mol. The minimum absolute atomic E-state index is 0.243. The van der Waals surface area contributed by atoms with Gasteiger partial charge in [-0.25, -0.2) is 8.42 Å². The zero-order chi connectivity index (χ0) is 16.6. The second kappa shape index (κ2) is 9.24. The van der Waals surface area contributed by atoms with E-state index in [1.54, 1.807) is 4.31 Å². The van der Waals surface area contributed by atoms with Gasteiger partial charge in [-0.05, 0) is 19.8 Å². The summed E-state index contributed by atoms with van der Waals surface area (Å²) in [6.45, 7) is 9.94. The van der Waals surface area contributed by atoms with E-state index in [9.17, 15) is 8.42 Å². The lowest BCUT2D eigenvalue weighted by Gasteiger charge is -2.46. The molecule has 1 saturated heterocycles. The van der Waals surface area contributed by atoms with Crippen molar-refractivity contribution in [3.05, 3.63) is 0 Å². The summed E-state index contributed by atoms with van der Waals surface area (Å²) in [5.41, 5.74) is 0.243. The Balaban J connectivity index is 2.60. The average molecular weight is 333 g/mol. The van der Waals surface area contributed by atoms with Crippen LogP contribution >= 0.6 is 0 Å². The van der Waals surface area contributed by atoms with E-state index in [2.05, 4.69) is 25.7 Å². The second-order valence-electron chi connectivity index (χ2n) is 7.06. The molecule has 0 bridgehead atoms. The lowest BCUT2D eigenvalue weighted by atomic mass is 9.86. The molecule has 1 aliphatic heterocycles. The van der Waals surface area contributed by atoms with Gasteiger partial charge in [0, 0.05) is 31.7 Å². The number of hydrogen-bond acceptors (Lipinski definition) is 3. The molecule has 5 heteroatoms. The maximum atomic E-state index is 11.7. The number of rotatable bonds is 10. The number of sulfonamides is 1. The summed E-state index contributed by atoms with van der Waals surface area (Å²) in [6, 6.07) is 0. The molecule has 0 amide bonds. The van der Waals surface area contributed by atoms with E-state index in [1.165, 1.54) is 57.6 Å². The average Bonchev–Trinajstić information content (AvgIpc) is 2.49. The third-order valence-electron chi connectivity index (χ3n) is 5.11. The molecular formula is C17H36N2O2S. The fourth-order valence-corrected chi connectivity index (χ4v) is 4.32. The van der Waals surface area contributed by atoms with E-state index in [-0.39, 0.29) is 5.54 Å². The van der Waals surface area contributed by atoms with Crippen molar-refractivity contribution in [3.63, 3.8) is 0 Å². The fraction of sp³-hybridized carbons (Fsp3) is 1.00. The van der Waals surface area contributed by atoms with Crippen molar-refractivity contribution in [2.75, 3.05) is 32.4 Å². The van der Waals surface area contributed by atoms with Crippen LogP contribution in [0.3, 0.4) is 0 Å². The molecule has 1 heterocycles. The first-order valence-corrected chi connectivity index (χ1v) is 10.9. The van der Waals surface area contributed by atoms with E-state index in [0.29, 0.717) is 13.1 Å². The molecule has 0 aromatic rings. The molecule has 0 saturated carbocycles. The van der Waals surface area contributed by atoms with Crippen LogP contribution in [0, 0.1) is 0 Å². The number of hydrogen-bond donors (Lipinski definition) is 0. The normalized spacial score (nSPS) is 20.9. The molecule has 1 unspecified atom stereocenters. The summed E-state index contributed by atoms with van der Waals surface area (Å²) >= 11 is 0. The van der Waals surface area contributed by atoms with Gasteiger partial charge in [-0.15, -0.1) is 0 Å². The largest absolute Gasteiger partial charge is 0.295 e. The summed E-state index contributed by atoms with van der Waals surface area (Å²) < 4.78 is 25.0. The summed E-state index contributed by atoms with van der Waals surface area (Å²) in [6.07, 6.45) is 11.5. The maximum absolute atomic E-state index is 11.7. The van der Waals surface area contributed by atoms with Crippen LogP contribution in [0.5, 0.6) is 0 Å². The molecule has 0 aromatic heterocycles. The maximum Gasteiger partial charge on any atom is 0.211 e. The standard InChI is InChI=1S/C17H36N2O2S/c1-5-7-9-10-12-17(3,11-8-6-2)18-13-15-19(16-14-18)22(4,20)21/h5-16H2,1-4H3. The lowest BCUT2D eigenvalue weighted by molar-refractivity contribution is 0.0492. The van der Waals surface area contributed by atoms with Crippen molar-refractivity contribution in [1.29, 1.82) is 0 Å². The highest BCUT2D eigenvalue weighted by Crippen LogP contribution is 2.30. The first-order valence-electron chi connectivity index (χ1n) is 9.03. The third kappa shape index (κ3) is 6.17.